The molecule has 11 heteroatoms. The highest BCUT2D eigenvalue weighted by Gasteiger charge is 2.40. The van der Waals surface area contributed by atoms with E-state index in [0.29, 0.717) is 45.4 Å². The molecule has 3 heterocycles. The van der Waals surface area contributed by atoms with E-state index in [2.05, 4.69) is 17.3 Å². The van der Waals surface area contributed by atoms with Crippen LogP contribution in [-0.4, -0.2) is 116 Å². The van der Waals surface area contributed by atoms with Gasteiger partial charge in [0.05, 0.1) is 23.9 Å². The van der Waals surface area contributed by atoms with Gasteiger partial charge in [-0.25, -0.2) is 12.7 Å². The van der Waals surface area contributed by atoms with E-state index in [0.717, 1.165) is 45.2 Å². The maximum absolute atomic E-state index is 13.2. The molecule has 0 saturated carbocycles. The summed E-state index contributed by atoms with van der Waals surface area (Å²) in [6.07, 6.45) is 4.94. The predicted molar refractivity (Wildman–Crippen MR) is 133 cm³/mol. The van der Waals surface area contributed by atoms with Gasteiger partial charge in [0, 0.05) is 39.1 Å². The summed E-state index contributed by atoms with van der Waals surface area (Å²) in [7, 11) is -1.15. The van der Waals surface area contributed by atoms with Crippen molar-refractivity contribution in [2.45, 2.75) is 70.0 Å². The molecule has 3 aliphatic heterocycles. The van der Waals surface area contributed by atoms with Crippen molar-refractivity contribution in [3.63, 3.8) is 0 Å². The van der Waals surface area contributed by atoms with Gasteiger partial charge in [0.25, 0.3) is 0 Å². The summed E-state index contributed by atoms with van der Waals surface area (Å²) in [6.45, 7) is 3.50. The predicted octanol–water partition coefficient (Wildman–Crippen LogP) is 0.000700. The number of nitrogens with zero attached hydrogens (tertiary/aromatic N) is 3. The van der Waals surface area contributed by atoms with E-state index in [1.165, 1.54) is 10.6 Å². The maximum atomic E-state index is 13.2. The Bertz CT molecular complexity index is 822. The van der Waals surface area contributed by atoms with Crippen molar-refractivity contribution in [1.82, 2.24) is 19.4 Å². The van der Waals surface area contributed by atoms with E-state index >= 15 is 0 Å². The minimum absolute atomic E-state index is 0.00441. The molecular weight excluding hydrogens is 472 g/mol. The summed E-state index contributed by atoms with van der Waals surface area (Å²) in [5.74, 6) is 0.122. The van der Waals surface area contributed by atoms with Gasteiger partial charge in [0.2, 0.25) is 21.8 Å². The van der Waals surface area contributed by atoms with Crippen LogP contribution in [0.25, 0.3) is 0 Å². The third-order valence-electron chi connectivity index (χ3n) is 8.23. The van der Waals surface area contributed by atoms with Gasteiger partial charge in [-0.3, -0.25) is 9.59 Å². The summed E-state index contributed by atoms with van der Waals surface area (Å²) in [5, 5.41) is 23.8. The first-order valence-corrected chi connectivity index (χ1v) is 14.9. The Kier molecular flexibility index (Phi) is 9.96. The maximum Gasteiger partial charge on any atom is 0.226 e. The molecule has 3 aliphatic rings. The summed E-state index contributed by atoms with van der Waals surface area (Å²) in [5.41, 5.74) is -0.465. The van der Waals surface area contributed by atoms with E-state index < -0.39 is 27.6 Å². The summed E-state index contributed by atoms with van der Waals surface area (Å²) >= 11 is 0. The van der Waals surface area contributed by atoms with E-state index in [1.54, 1.807) is 4.90 Å². The zero-order valence-electron chi connectivity index (χ0n) is 21.3. The SMILES string of the molecule is CN1CCC2(CCCCN(C(=O)CC3CCN(S(C)(=O)=O)CC3)CC[C@H](O)[C@H](O)CNC2=O)CC1. The van der Waals surface area contributed by atoms with Crippen molar-refractivity contribution < 1.29 is 28.2 Å². The normalized spacial score (nSPS) is 29.1. The van der Waals surface area contributed by atoms with Crippen LogP contribution >= 0.6 is 0 Å². The van der Waals surface area contributed by atoms with Crippen LogP contribution in [0.5, 0.6) is 0 Å². The molecule has 0 aromatic rings. The number of piperidine rings is 2. The van der Waals surface area contributed by atoms with Crippen molar-refractivity contribution in [2.75, 3.05) is 59.1 Å². The molecule has 2 atom stereocenters. The highest BCUT2D eigenvalue weighted by molar-refractivity contribution is 7.88. The van der Waals surface area contributed by atoms with Gasteiger partial charge >= 0.3 is 0 Å². The number of hydrogen-bond acceptors (Lipinski definition) is 7. The highest BCUT2D eigenvalue weighted by atomic mass is 32.2. The topological polar surface area (TPSA) is 130 Å². The van der Waals surface area contributed by atoms with E-state index in [-0.39, 0.29) is 30.7 Å². The lowest BCUT2D eigenvalue weighted by Gasteiger charge is -2.39. The zero-order chi connectivity index (χ0) is 25.6. The molecule has 3 rings (SSSR count). The lowest BCUT2D eigenvalue weighted by atomic mass is 9.73. The third-order valence-corrected chi connectivity index (χ3v) is 9.53. The fraction of sp³-hybridized carbons (Fsp3) is 0.917. The smallest absolute Gasteiger partial charge is 0.226 e. The molecule has 0 aromatic heterocycles. The summed E-state index contributed by atoms with van der Waals surface area (Å²) in [4.78, 5) is 30.3. The van der Waals surface area contributed by atoms with Gasteiger partial charge in [-0.15, -0.1) is 0 Å². The van der Waals surface area contributed by atoms with Gasteiger partial charge < -0.3 is 25.3 Å². The summed E-state index contributed by atoms with van der Waals surface area (Å²) < 4.78 is 25.0. The number of aliphatic hydroxyl groups excluding tert-OH is 2. The van der Waals surface area contributed by atoms with Crippen LogP contribution in [0.1, 0.15) is 57.8 Å². The Balaban J connectivity index is 1.61. The first kappa shape index (κ1) is 28.3. The zero-order valence-corrected chi connectivity index (χ0v) is 22.1. The number of β-amino-alcohol motifs (C(OH)–C–C–N with tert-alkyl or cyclic N) is 1. The van der Waals surface area contributed by atoms with Crippen molar-refractivity contribution in [3.05, 3.63) is 0 Å². The number of aliphatic hydroxyl groups is 2. The Labute approximate surface area is 210 Å². The van der Waals surface area contributed by atoms with Crippen molar-refractivity contribution in [1.29, 1.82) is 0 Å². The standard InChI is InChI=1S/C24H44N4O6S/c1-26-15-9-24(10-16-26)8-3-4-11-27(12-7-20(29)21(30)18-25-23(24)32)22(31)17-19-5-13-28(14-6-19)35(2,33)34/h19-21,29-30H,3-18H2,1-2H3,(H,25,32)/t20-,21+/m0/s1. The number of amides is 2. The minimum Gasteiger partial charge on any atom is -0.390 e. The Morgan fingerprint density at radius 3 is 2.26 bits per heavy atom. The number of nitrogens with one attached hydrogen (secondary N) is 1. The van der Waals surface area contributed by atoms with Crippen LogP contribution < -0.4 is 5.32 Å². The number of sulfonamides is 1. The van der Waals surface area contributed by atoms with Gasteiger partial charge in [0.15, 0.2) is 0 Å². The molecule has 0 aliphatic carbocycles. The van der Waals surface area contributed by atoms with Crippen molar-refractivity contribution in [3.8, 4) is 0 Å². The largest absolute Gasteiger partial charge is 0.390 e. The van der Waals surface area contributed by atoms with Crippen LogP contribution in [0, 0.1) is 11.3 Å². The Morgan fingerprint density at radius 1 is 0.971 bits per heavy atom. The van der Waals surface area contributed by atoms with E-state index in [1.807, 2.05) is 0 Å². The average molecular weight is 517 g/mol. The molecule has 35 heavy (non-hydrogen) atoms. The molecule has 10 nitrogen and oxygen atoms in total. The number of carbonyl (C=O) groups excluding carboxylic acids is 2. The number of carbonyl (C=O) groups is 2. The van der Waals surface area contributed by atoms with E-state index in [9.17, 15) is 28.2 Å². The highest BCUT2D eigenvalue weighted by Crippen LogP contribution is 2.37. The summed E-state index contributed by atoms with van der Waals surface area (Å²) in [6, 6.07) is 0. The molecule has 3 saturated heterocycles. The van der Waals surface area contributed by atoms with Crippen LogP contribution in [-0.2, 0) is 19.6 Å². The minimum atomic E-state index is -3.20. The first-order valence-electron chi connectivity index (χ1n) is 13.1. The van der Waals surface area contributed by atoms with Crippen LogP contribution in [0.2, 0.25) is 0 Å². The van der Waals surface area contributed by atoms with Gasteiger partial charge in [-0.05, 0) is 71.0 Å². The number of hydrogen-bond donors (Lipinski definition) is 3. The second-order valence-electron chi connectivity index (χ2n) is 10.9. The van der Waals surface area contributed by atoms with Crippen molar-refractivity contribution >= 4 is 21.8 Å². The first-order chi connectivity index (χ1) is 16.5. The van der Waals surface area contributed by atoms with Gasteiger partial charge in [0.1, 0.15) is 0 Å². The fourth-order valence-electron chi connectivity index (χ4n) is 5.59. The molecule has 0 unspecified atom stereocenters. The molecule has 0 radical (unpaired) electrons. The van der Waals surface area contributed by atoms with E-state index in [4.69, 9.17) is 0 Å². The monoisotopic (exact) mass is 516 g/mol. The average Bonchev–Trinajstić information content (AvgIpc) is 2.82. The molecule has 3 N–H and O–H groups in total. The van der Waals surface area contributed by atoms with Gasteiger partial charge in [-0.2, -0.15) is 0 Å². The second kappa shape index (κ2) is 12.3. The Morgan fingerprint density at radius 2 is 1.63 bits per heavy atom. The molecule has 3 fully saturated rings. The van der Waals surface area contributed by atoms with Gasteiger partial charge in [-0.1, -0.05) is 6.42 Å². The fourth-order valence-corrected chi connectivity index (χ4v) is 6.46. The molecule has 0 bridgehead atoms. The Hall–Kier alpha value is -1.27. The third kappa shape index (κ3) is 7.85. The quantitative estimate of drug-likeness (QED) is 0.481. The number of likely N-dealkylation sites (tertiary alicyclic amines) is 1. The van der Waals surface area contributed by atoms with Crippen LogP contribution in [0.3, 0.4) is 0 Å². The number of rotatable bonds is 3. The lowest BCUT2D eigenvalue weighted by Crippen LogP contribution is -2.50. The molecule has 2 amide bonds. The second-order valence-corrected chi connectivity index (χ2v) is 12.8. The molecular formula is C24H44N4O6S. The molecule has 202 valence electrons. The van der Waals surface area contributed by atoms with Crippen molar-refractivity contribution in [2.24, 2.45) is 11.3 Å². The lowest BCUT2D eigenvalue weighted by molar-refractivity contribution is -0.135. The molecule has 0 aromatic carbocycles. The van der Waals surface area contributed by atoms with Crippen LogP contribution in [0.15, 0.2) is 0 Å². The molecule has 1 spiro atoms. The van der Waals surface area contributed by atoms with Crippen LogP contribution in [0.4, 0.5) is 0 Å².